The molecule has 0 aliphatic heterocycles. The quantitative estimate of drug-likeness (QED) is 0.152. The Morgan fingerprint density at radius 3 is 1.31 bits per heavy atom. The van der Waals surface area contributed by atoms with Crippen molar-refractivity contribution in [1.82, 2.24) is 0 Å². The van der Waals surface area contributed by atoms with Crippen LogP contribution in [0.25, 0.3) is 110 Å². The molecule has 0 saturated heterocycles. The zero-order chi connectivity index (χ0) is 55.7. The molecule has 0 saturated carbocycles. The summed E-state index contributed by atoms with van der Waals surface area (Å²) >= 11 is 0. The predicted octanol–water partition coefficient (Wildman–Crippen LogP) is 22.4. The Kier molecular flexibility index (Phi) is 10.3. The third-order valence-electron chi connectivity index (χ3n) is 18.2. The Balaban J connectivity index is 0.898. The molecule has 1 spiro atoms. The first-order valence-corrected chi connectivity index (χ1v) is 29.2. The summed E-state index contributed by atoms with van der Waals surface area (Å²) in [4.78, 5) is 4.83. The lowest BCUT2D eigenvalue weighted by Crippen LogP contribution is -2.26. The third-order valence-corrected chi connectivity index (χ3v) is 18.2. The van der Waals surface area contributed by atoms with Crippen LogP contribution >= 0.6 is 0 Å². The van der Waals surface area contributed by atoms with Gasteiger partial charge in [0.05, 0.1) is 22.5 Å². The molecule has 16 aromatic rings. The van der Waals surface area contributed by atoms with Crippen molar-refractivity contribution in [3.05, 3.63) is 326 Å². The van der Waals surface area contributed by atoms with E-state index in [-0.39, 0.29) is 0 Å². The van der Waals surface area contributed by atoms with E-state index in [2.05, 4.69) is 307 Å². The van der Waals surface area contributed by atoms with Crippen molar-refractivity contribution in [3.63, 3.8) is 0 Å². The van der Waals surface area contributed by atoms with Gasteiger partial charge in [0, 0.05) is 44.0 Å². The van der Waals surface area contributed by atoms with Gasteiger partial charge < -0.3 is 18.6 Å². The molecule has 2 heterocycles. The molecule has 85 heavy (non-hydrogen) atoms. The SMILES string of the molecule is c1ccc(-c2ccc(N(c3ccc4c5c(ccc4c3)-c3c(cc(N(c4ccc(-c6ccccc6)cc4)c4cccc6c4oc4ccccc46)c4ccccc34)C53c4ccccc4-c4ccccc43)c3cccc4c3oc3ccccc34)cc2)cc1. The molecular weight excluding hydrogens is 1030 g/mol. The lowest BCUT2D eigenvalue weighted by Gasteiger charge is -2.33. The lowest BCUT2D eigenvalue weighted by molar-refractivity contribution is 0.668. The minimum absolute atomic E-state index is 0.710. The first kappa shape index (κ1) is 47.4. The molecule has 0 unspecified atom stereocenters. The van der Waals surface area contributed by atoms with E-state index in [9.17, 15) is 0 Å². The van der Waals surface area contributed by atoms with Crippen molar-refractivity contribution in [2.75, 3.05) is 9.80 Å². The summed E-state index contributed by atoms with van der Waals surface area (Å²) in [5, 5.41) is 9.05. The molecule has 0 N–H and O–H groups in total. The van der Waals surface area contributed by atoms with E-state index in [0.717, 1.165) is 99.9 Å². The van der Waals surface area contributed by atoms with Gasteiger partial charge in [-0.05, 0) is 150 Å². The Hall–Kier alpha value is -11.2. The van der Waals surface area contributed by atoms with Gasteiger partial charge in [0.1, 0.15) is 11.2 Å². The topological polar surface area (TPSA) is 32.8 Å². The fourth-order valence-electron chi connectivity index (χ4n) is 14.6. The molecule has 18 rings (SSSR count). The van der Waals surface area contributed by atoms with Crippen molar-refractivity contribution >= 4 is 99.5 Å². The van der Waals surface area contributed by atoms with Crippen molar-refractivity contribution in [3.8, 4) is 44.5 Å². The van der Waals surface area contributed by atoms with Crippen LogP contribution in [0.4, 0.5) is 34.1 Å². The molecule has 0 amide bonds. The Labute approximate surface area is 490 Å². The second-order valence-corrected chi connectivity index (χ2v) is 22.6. The number of fused-ring (bicyclic) bond motifs is 20. The number of nitrogens with zero attached hydrogens (tertiary/aromatic N) is 2. The zero-order valence-electron chi connectivity index (χ0n) is 46.1. The number of hydrogen-bond donors (Lipinski definition) is 0. The van der Waals surface area contributed by atoms with Crippen LogP contribution in [0.5, 0.6) is 0 Å². The average molecular weight is 1080 g/mol. The molecule has 14 aromatic carbocycles. The van der Waals surface area contributed by atoms with E-state index in [1.165, 1.54) is 66.4 Å². The van der Waals surface area contributed by atoms with Crippen LogP contribution in [0.1, 0.15) is 22.3 Å². The van der Waals surface area contributed by atoms with Crippen molar-refractivity contribution in [1.29, 1.82) is 0 Å². The van der Waals surface area contributed by atoms with Crippen molar-refractivity contribution < 1.29 is 8.83 Å². The Morgan fingerprint density at radius 2 is 0.718 bits per heavy atom. The van der Waals surface area contributed by atoms with Gasteiger partial charge in [-0.25, -0.2) is 0 Å². The number of furan rings is 2. The first-order valence-electron chi connectivity index (χ1n) is 29.2. The van der Waals surface area contributed by atoms with Gasteiger partial charge in [0.15, 0.2) is 11.2 Å². The van der Waals surface area contributed by atoms with Crippen LogP contribution in [-0.4, -0.2) is 0 Å². The zero-order valence-corrected chi connectivity index (χ0v) is 46.1. The average Bonchev–Trinajstić information content (AvgIpc) is 1.52. The van der Waals surface area contributed by atoms with Crippen LogP contribution in [0.15, 0.2) is 312 Å². The molecule has 396 valence electrons. The number of hydrogen-bond acceptors (Lipinski definition) is 4. The normalized spacial score (nSPS) is 12.8. The van der Waals surface area contributed by atoms with Gasteiger partial charge in [0.25, 0.3) is 0 Å². The molecule has 2 aliphatic rings. The second-order valence-electron chi connectivity index (χ2n) is 22.6. The first-order chi connectivity index (χ1) is 42.2. The van der Waals surface area contributed by atoms with Gasteiger partial charge >= 0.3 is 0 Å². The van der Waals surface area contributed by atoms with Gasteiger partial charge in [-0.3, -0.25) is 0 Å². The van der Waals surface area contributed by atoms with E-state index in [4.69, 9.17) is 8.83 Å². The highest BCUT2D eigenvalue weighted by atomic mass is 16.3. The van der Waals surface area contributed by atoms with Gasteiger partial charge in [0.2, 0.25) is 0 Å². The van der Waals surface area contributed by atoms with Crippen LogP contribution < -0.4 is 9.80 Å². The molecular formula is C81H50N2O2. The summed E-state index contributed by atoms with van der Waals surface area (Å²) in [5.74, 6) is 0. The Morgan fingerprint density at radius 1 is 0.259 bits per heavy atom. The molecule has 0 bridgehead atoms. The van der Waals surface area contributed by atoms with Crippen molar-refractivity contribution in [2.24, 2.45) is 0 Å². The van der Waals surface area contributed by atoms with Crippen LogP contribution in [0.2, 0.25) is 0 Å². The van der Waals surface area contributed by atoms with Crippen LogP contribution in [0.3, 0.4) is 0 Å². The standard InChI is InChI=1S/C81H50N2O2/c1-3-19-51(20-4-1)53-37-42-56(43-38-53)82(72-33-17-29-66-63-26-11-15-35-75(63)84-79(66)72)58-46-48-59-55(49-58)41-47-68-77-65-28-8-7-25-62(65)74(50-71(77)81(78(59)68)69-31-13-9-23-60(69)61-24-10-14-32-70(61)81)83(57-44-39-54(40-45-57)52-21-5-2-6-22-52)73-34-18-30-67-64-27-12-16-36-76(64)85-80(67)73/h1-50H. The van der Waals surface area contributed by atoms with E-state index in [1.54, 1.807) is 0 Å². The highest BCUT2D eigenvalue weighted by molar-refractivity contribution is 6.17. The second kappa shape index (κ2) is 18.4. The van der Waals surface area contributed by atoms with Crippen LogP contribution in [0, 0.1) is 0 Å². The minimum atomic E-state index is -0.710. The number of para-hydroxylation sites is 4. The van der Waals surface area contributed by atoms with Gasteiger partial charge in [-0.1, -0.05) is 237 Å². The van der Waals surface area contributed by atoms with Gasteiger partial charge in [-0.15, -0.1) is 0 Å². The van der Waals surface area contributed by atoms with E-state index < -0.39 is 5.41 Å². The molecule has 4 heteroatoms. The highest BCUT2D eigenvalue weighted by Crippen LogP contribution is 2.66. The minimum Gasteiger partial charge on any atom is -0.454 e. The van der Waals surface area contributed by atoms with Crippen LogP contribution in [-0.2, 0) is 5.41 Å². The number of anilines is 6. The summed E-state index contributed by atoms with van der Waals surface area (Å²) in [5.41, 5.74) is 23.6. The maximum absolute atomic E-state index is 6.98. The summed E-state index contributed by atoms with van der Waals surface area (Å²) in [6.45, 7) is 0. The summed E-state index contributed by atoms with van der Waals surface area (Å²) in [7, 11) is 0. The Bertz CT molecular complexity index is 5320. The van der Waals surface area contributed by atoms with E-state index in [1.807, 2.05) is 6.07 Å². The summed E-state index contributed by atoms with van der Waals surface area (Å²) in [6, 6.07) is 111. The highest BCUT2D eigenvalue weighted by Gasteiger charge is 2.53. The van der Waals surface area contributed by atoms with E-state index >= 15 is 0 Å². The smallest absolute Gasteiger partial charge is 0.159 e. The monoisotopic (exact) mass is 1080 g/mol. The molecule has 2 aliphatic carbocycles. The van der Waals surface area contributed by atoms with Crippen molar-refractivity contribution in [2.45, 2.75) is 5.41 Å². The number of rotatable bonds is 8. The molecule has 4 nitrogen and oxygen atoms in total. The fourth-order valence-corrected chi connectivity index (χ4v) is 14.6. The number of benzene rings is 14. The lowest BCUT2D eigenvalue weighted by atomic mass is 9.69. The fraction of sp³-hybridized carbons (Fsp3) is 0.0123. The molecule has 0 atom stereocenters. The molecule has 2 aromatic heterocycles. The maximum Gasteiger partial charge on any atom is 0.159 e. The van der Waals surface area contributed by atoms with Gasteiger partial charge in [-0.2, -0.15) is 0 Å². The maximum atomic E-state index is 6.98. The largest absolute Gasteiger partial charge is 0.454 e. The molecule has 0 fully saturated rings. The third kappa shape index (κ3) is 6.91. The molecule has 0 radical (unpaired) electrons. The summed E-state index contributed by atoms with van der Waals surface area (Å²) in [6.07, 6.45) is 0. The summed E-state index contributed by atoms with van der Waals surface area (Å²) < 4.78 is 13.8. The predicted molar refractivity (Wildman–Crippen MR) is 353 cm³/mol. The van der Waals surface area contributed by atoms with E-state index in [0.29, 0.717) is 0 Å².